The quantitative estimate of drug-likeness (QED) is 0.766. The molecule has 0 atom stereocenters. The van der Waals surface area contributed by atoms with Gasteiger partial charge in [0.2, 0.25) is 0 Å². The molecule has 0 bridgehead atoms. The molecular formula is C19H20O3. The van der Waals surface area contributed by atoms with Gasteiger partial charge in [0.1, 0.15) is 11.2 Å². The minimum atomic E-state index is -1.09. The van der Waals surface area contributed by atoms with Gasteiger partial charge in [0.25, 0.3) is 0 Å². The molecule has 0 saturated carbocycles. The summed E-state index contributed by atoms with van der Waals surface area (Å²) in [5.74, 6) is -0.441. The summed E-state index contributed by atoms with van der Waals surface area (Å²) in [6, 6.07) is 18.7. The van der Waals surface area contributed by atoms with Gasteiger partial charge in [-0.3, -0.25) is 9.59 Å². The Morgan fingerprint density at radius 3 is 1.73 bits per heavy atom. The molecule has 2 aromatic rings. The number of esters is 1. The van der Waals surface area contributed by atoms with Crippen molar-refractivity contribution in [3.8, 4) is 0 Å². The van der Waals surface area contributed by atoms with E-state index in [1.54, 1.807) is 6.92 Å². The van der Waals surface area contributed by atoms with Crippen LogP contribution in [-0.2, 0) is 19.7 Å². The van der Waals surface area contributed by atoms with Crippen LogP contribution in [0.2, 0.25) is 0 Å². The Labute approximate surface area is 130 Å². The SMILES string of the molecule is CCOC(=O)C(CC(C)=O)(c1ccccc1)c1ccccc1. The van der Waals surface area contributed by atoms with Crippen molar-refractivity contribution in [2.75, 3.05) is 6.61 Å². The highest BCUT2D eigenvalue weighted by atomic mass is 16.5. The molecule has 0 fully saturated rings. The van der Waals surface area contributed by atoms with E-state index in [1.165, 1.54) is 6.92 Å². The van der Waals surface area contributed by atoms with Gasteiger partial charge >= 0.3 is 5.97 Å². The Morgan fingerprint density at radius 2 is 1.36 bits per heavy atom. The number of ether oxygens (including phenoxy) is 1. The van der Waals surface area contributed by atoms with Crippen LogP contribution in [0.25, 0.3) is 0 Å². The van der Waals surface area contributed by atoms with Gasteiger partial charge in [-0.1, -0.05) is 60.7 Å². The van der Waals surface area contributed by atoms with Crippen molar-refractivity contribution in [2.24, 2.45) is 0 Å². The molecule has 3 heteroatoms. The number of carbonyl (C=O) groups excluding carboxylic acids is 2. The van der Waals surface area contributed by atoms with E-state index in [0.29, 0.717) is 0 Å². The number of hydrogen-bond donors (Lipinski definition) is 0. The molecule has 0 aliphatic rings. The van der Waals surface area contributed by atoms with Crippen molar-refractivity contribution < 1.29 is 14.3 Å². The fraction of sp³-hybridized carbons (Fsp3) is 0.263. The third kappa shape index (κ3) is 3.08. The fourth-order valence-electron chi connectivity index (χ4n) is 2.75. The summed E-state index contributed by atoms with van der Waals surface area (Å²) < 4.78 is 5.33. The first kappa shape index (κ1) is 16.0. The molecule has 22 heavy (non-hydrogen) atoms. The lowest BCUT2D eigenvalue weighted by Crippen LogP contribution is -2.40. The fourth-order valence-corrected chi connectivity index (χ4v) is 2.75. The van der Waals surface area contributed by atoms with E-state index in [1.807, 2.05) is 60.7 Å². The maximum atomic E-state index is 12.8. The van der Waals surface area contributed by atoms with Crippen molar-refractivity contribution in [2.45, 2.75) is 25.7 Å². The smallest absolute Gasteiger partial charge is 0.321 e. The molecule has 0 amide bonds. The summed E-state index contributed by atoms with van der Waals surface area (Å²) in [5.41, 5.74) is 0.453. The van der Waals surface area contributed by atoms with E-state index in [0.717, 1.165) is 11.1 Å². The Morgan fingerprint density at radius 1 is 0.909 bits per heavy atom. The molecular weight excluding hydrogens is 276 g/mol. The first-order valence-electron chi connectivity index (χ1n) is 7.39. The van der Waals surface area contributed by atoms with Crippen LogP contribution in [0.15, 0.2) is 60.7 Å². The highest BCUT2D eigenvalue weighted by Crippen LogP contribution is 2.37. The van der Waals surface area contributed by atoms with Crippen LogP contribution in [-0.4, -0.2) is 18.4 Å². The van der Waals surface area contributed by atoms with E-state index in [2.05, 4.69) is 0 Å². The van der Waals surface area contributed by atoms with E-state index in [-0.39, 0.29) is 24.8 Å². The first-order chi connectivity index (χ1) is 10.6. The zero-order valence-corrected chi connectivity index (χ0v) is 12.9. The first-order valence-corrected chi connectivity index (χ1v) is 7.39. The van der Waals surface area contributed by atoms with Crippen molar-refractivity contribution in [1.82, 2.24) is 0 Å². The Hall–Kier alpha value is -2.42. The molecule has 0 aliphatic carbocycles. The van der Waals surface area contributed by atoms with Gasteiger partial charge < -0.3 is 4.74 Å². The standard InChI is InChI=1S/C19H20O3/c1-3-22-18(21)19(14-15(2)20,16-10-6-4-7-11-16)17-12-8-5-9-13-17/h4-13H,3,14H2,1-2H3. The summed E-state index contributed by atoms with van der Waals surface area (Å²) in [6.07, 6.45) is 0.0832. The maximum absolute atomic E-state index is 12.8. The Balaban J connectivity index is 2.69. The van der Waals surface area contributed by atoms with Crippen LogP contribution in [0.3, 0.4) is 0 Å². The summed E-state index contributed by atoms with van der Waals surface area (Å²) in [5, 5.41) is 0. The monoisotopic (exact) mass is 296 g/mol. The van der Waals surface area contributed by atoms with Crippen LogP contribution in [0.4, 0.5) is 0 Å². The second-order valence-electron chi connectivity index (χ2n) is 5.24. The van der Waals surface area contributed by atoms with Crippen molar-refractivity contribution in [1.29, 1.82) is 0 Å². The lowest BCUT2D eigenvalue weighted by atomic mass is 9.71. The van der Waals surface area contributed by atoms with Crippen LogP contribution >= 0.6 is 0 Å². The lowest BCUT2D eigenvalue weighted by Gasteiger charge is -2.31. The van der Waals surface area contributed by atoms with Crippen LogP contribution in [0.5, 0.6) is 0 Å². The normalized spacial score (nSPS) is 11.0. The molecule has 0 saturated heterocycles. The predicted molar refractivity (Wildman–Crippen MR) is 85.6 cm³/mol. The minimum Gasteiger partial charge on any atom is -0.465 e. The maximum Gasteiger partial charge on any atom is 0.321 e. The molecule has 0 radical (unpaired) electrons. The highest BCUT2D eigenvalue weighted by molar-refractivity contribution is 5.93. The number of Topliss-reactive ketones (excluding diaryl/α,β-unsaturated/α-hetero) is 1. The minimum absolute atomic E-state index is 0.0549. The molecule has 0 aromatic heterocycles. The average Bonchev–Trinajstić information content (AvgIpc) is 2.54. The molecule has 2 rings (SSSR count). The van der Waals surface area contributed by atoms with Crippen molar-refractivity contribution >= 4 is 11.8 Å². The Bertz CT molecular complexity index is 593. The largest absolute Gasteiger partial charge is 0.465 e. The second kappa shape index (κ2) is 7.03. The number of carbonyl (C=O) groups is 2. The average molecular weight is 296 g/mol. The third-order valence-corrected chi connectivity index (χ3v) is 3.67. The van der Waals surface area contributed by atoms with E-state index >= 15 is 0 Å². The van der Waals surface area contributed by atoms with Crippen LogP contribution in [0, 0.1) is 0 Å². The van der Waals surface area contributed by atoms with Gasteiger partial charge in [0, 0.05) is 6.42 Å². The topological polar surface area (TPSA) is 43.4 Å². The van der Waals surface area contributed by atoms with E-state index in [9.17, 15) is 9.59 Å². The molecule has 0 aliphatic heterocycles. The van der Waals surface area contributed by atoms with Gasteiger partial charge in [-0.25, -0.2) is 0 Å². The molecule has 3 nitrogen and oxygen atoms in total. The number of ketones is 1. The van der Waals surface area contributed by atoms with Crippen molar-refractivity contribution in [3.05, 3.63) is 71.8 Å². The number of benzene rings is 2. The van der Waals surface area contributed by atoms with Gasteiger partial charge in [-0.05, 0) is 25.0 Å². The van der Waals surface area contributed by atoms with Crippen LogP contribution < -0.4 is 0 Å². The van der Waals surface area contributed by atoms with Gasteiger partial charge in [0.05, 0.1) is 6.61 Å². The second-order valence-corrected chi connectivity index (χ2v) is 5.24. The molecule has 0 spiro atoms. The summed E-state index contributed by atoms with van der Waals surface area (Å²) >= 11 is 0. The lowest BCUT2D eigenvalue weighted by molar-refractivity contribution is -0.150. The van der Waals surface area contributed by atoms with Gasteiger partial charge in [0.15, 0.2) is 0 Å². The van der Waals surface area contributed by atoms with E-state index < -0.39 is 5.41 Å². The highest BCUT2D eigenvalue weighted by Gasteiger charge is 2.44. The summed E-state index contributed by atoms with van der Waals surface area (Å²) in [6.45, 7) is 3.55. The van der Waals surface area contributed by atoms with Gasteiger partial charge in [-0.15, -0.1) is 0 Å². The number of hydrogen-bond acceptors (Lipinski definition) is 3. The molecule has 2 aromatic carbocycles. The predicted octanol–water partition coefficient (Wildman–Crippen LogP) is 3.51. The summed E-state index contributed by atoms with van der Waals surface area (Å²) in [4.78, 5) is 24.7. The molecule has 114 valence electrons. The Kier molecular flexibility index (Phi) is 5.10. The van der Waals surface area contributed by atoms with Gasteiger partial charge in [-0.2, -0.15) is 0 Å². The zero-order chi connectivity index (χ0) is 16.0. The molecule has 0 heterocycles. The zero-order valence-electron chi connectivity index (χ0n) is 12.9. The number of rotatable bonds is 6. The summed E-state index contributed by atoms with van der Waals surface area (Å²) in [7, 11) is 0. The molecule has 0 N–H and O–H groups in total. The third-order valence-electron chi connectivity index (χ3n) is 3.67. The van der Waals surface area contributed by atoms with Crippen molar-refractivity contribution in [3.63, 3.8) is 0 Å². The van der Waals surface area contributed by atoms with E-state index in [4.69, 9.17) is 4.74 Å². The molecule has 0 unspecified atom stereocenters. The van der Waals surface area contributed by atoms with Crippen LogP contribution in [0.1, 0.15) is 31.4 Å².